The van der Waals surface area contributed by atoms with Crippen LogP contribution in [-0.4, -0.2) is 26.3 Å². The fourth-order valence-corrected chi connectivity index (χ4v) is 5.12. The van der Waals surface area contributed by atoms with Crippen LogP contribution in [0.5, 0.6) is 0 Å². The van der Waals surface area contributed by atoms with Crippen molar-refractivity contribution in [2.45, 2.75) is 24.5 Å². The third kappa shape index (κ3) is 3.76. The highest BCUT2D eigenvalue weighted by molar-refractivity contribution is 7.90. The van der Waals surface area contributed by atoms with Gasteiger partial charge in [0.2, 0.25) is 0 Å². The first-order chi connectivity index (χ1) is 15.8. The van der Waals surface area contributed by atoms with E-state index in [-0.39, 0.29) is 17.3 Å². The molecule has 5 rings (SSSR count). The van der Waals surface area contributed by atoms with Gasteiger partial charge in [0.05, 0.1) is 4.90 Å². The number of carbonyl (C=O) groups excluding carboxylic acids is 1. The quantitative estimate of drug-likeness (QED) is 0.283. The van der Waals surface area contributed by atoms with Crippen LogP contribution < -0.4 is 10.3 Å². The van der Waals surface area contributed by atoms with Crippen molar-refractivity contribution in [1.29, 1.82) is 0 Å². The van der Waals surface area contributed by atoms with E-state index in [1.807, 2.05) is 30.3 Å². The van der Waals surface area contributed by atoms with Crippen molar-refractivity contribution in [2.75, 3.05) is 0 Å². The number of sulfonamides is 1. The monoisotopic (exact) mass is 462 g/mol. The molecule has 0 saturated heterocycles. The smallest absolute Gasteiger partial charge is 0.336 e. The highest BCUT2D eigenvalue weighted by atomic mass is 32.2. The highest BCUT2D eigenvalue weighted by Gasteiger charge is 2.31. The maximum atomic E-state index is 12.7. The second kappa shape index (κ2) is 7.86. The van der Waals surface area contributed by atoms with Crippen LogP contribution in [0.2, 0.25) is 0 Å². The molecule has 1 aromatic heterocycles. The van der Waals surface area contributed by atoms with E-state index in [2.05, 4.69) is 9.71 Å². The molecule has 0 bridgehead atoms. The second-order valence-electron chi connectivity index (χ2n) is 7.61. The SMILES string of the molecule is C[C@H](N=C1NS(=O)(=O)c2ccccc21)C(=O)OCc1cc(=O)oc2ccc3ccccc3c12. The van der Waals surface area contributed by atoms with Gasteiger partial charge in [0.1, 0.15) is 24.1 Å². The van der Waals surface area contributed by atoms with E-state index in [1.165, 1.54) is 19.1 Å². The second-order valence-corrected chi connectivity index (χ2v) is 9.26. The van der Waals surface area contributed by atoms with E-state index in [0.29, 0.717) is 22.1 Å². The van der Waals surface area contributed by atoms with Gasteiger partial charge in [-0.25, -0.2) is 18.0 Å². The summed E-state index contributed by atoms with van der Waals surface area (Å²) >= 11 is 0. The summed E-state index contributed by atoms with van der Waals surface area (Å²) in [5, 5.41) is 2.52. The van der Waals surface area contributed by atoms with Crippen molar-refractivity contribution in [3.8, 4) is 0 Å². The van der Waals surface area contributed by atoms with Crippen LogP contribution in [-0.2, 0) is 26.2 Å². The lowest BCUT2D eigenvalue weighted by Gasteiger charge is -2.11. The third-order valence-corrected chi connectivity index (χ3v) is 6.81. The number of nitrogens with one attached hydrogen (secondary N) is 1. The molecule has 33 heavy (non-hydrogen) atoms. The number of fused-ring (bicyclic) bond motifs is 4. The van der Waals surface area contributed by atoms with Gasteiger partial charge in [0.25, 0.3) is 10.0 Å². The number of rotatable bonds is 4. The van der Waals surface area contributed by atoms with Crippen LogP contribution in [0.25, 0.3) is 21.7 Å². The van der Waals surface area contributed by atoms with E-state index in [9.17, 15) is 18.0 Å². The Balaban J connectivity index is 1.43. The van der Waals surface area contributed by atoms with Crippen LogP contribution >= 0.6 is 0 Å². The minimum atomic E-state index is -3.71. The molecule has 0 spiro atoms. The Hall–Kier alpha value is -3.98. The Bertz CT molecular complexity index is 1620. The molecule has 0 unspecified atom stereocenters. The average molecular weight is 462 g/mol. The predicted molar refractivity (Wildman–Crippen MR) is 123 cm³/mol. The number of ether oxygens (including phenoxy) is 1. The van der Waals surface area contributed by atoms with Crippen LogP contribution in [0, 0.1) is 0 Å². The Labute approximate surface area is 188 Å². The van der Waals surface area contributed by atoms with Crippen LogP contribution in [0.3, 0.4) is 0 Å². The highest BCUT2D eigenvalue weighted by Crippen LogP contribution is 2.28. The molecule has 8 nitrogen and oxygen atoms in total. The van der Waals surface area contributed by atoms with E-state index in [4.69, 9.17) is 9.15 Å². The van der Waals surface area contributed by atoms with Gasteiger partial charge in [0.15, 0.2) is 0 Å². The van der Waals surface area contributed by atoms with Gasteiger partial charge < -0.3 is 9.15 Å². The molecule has 0 fully saturated rings. The van der Waals surface area contributed by atoms with Gasteiger partial charge in [-0.2, -0.15) is 0 Å². The molecule has 0 aliphatic carbocycles. The fourth-order valence-electron chi connectivity index (χ4n) is 3.88. The molecule has 1 atom stereocenters. The molecule has 1 aliphatic rings. The minimum absolute atomic E-state index is 0.0897. The molecule has 0 saturated carbocycles. The maximum absolute atomic E-state index is 12.7. The summed E-state index contributed by atoms with van der Waals surface area (Å²) in [6.07, 6.45) is 0. The van der Waals surface area contributed by atoms with E-state index in [1.54, 1.807) is 24.3 Å². The predicted octanol–water partition coefficient (Wildman–Crippen LogP) is 3.12. The zero-order valence-corrected chi connectivity index (χ0v) is 18.3. The third-order valence-electron chi connectivity index (χ3n) is 5.41. The first-order valence-electron chi connectivity index (χ1n) is 10.1. The maximum Gasteiger partial charge on any atom is 0.336 e. The van der Waals surface area contributed by atoms with Crippen molar-refractivity contribution >= 4 is 43.6 Å². The summed E-state index contributed by atoms with van der Waals surface area (Å²) in [6, 6.07) is 17.9. The summed E-state index contributed by atoms with van der Waals surface area (Å²) < 4.78 is 37.6. The summed E-state index contributed by atoms with van der Waals surface area (Å²) in [5.74, 6) is -0.570. The number of amidine groups is 1. The molecular formula is C24H18N2O6S. The molecule has 4 aromatic rings. The fraction of sp³-hybridized carbons (Fsp3) is 0.125. The molecule has 0 amide bonds. The van der Waals surface area contributed by atoms with Gasteiger partial charge in [0, 0.05) is 22.6 Å². The van der Waals surface area contributed by atoms with Crippen molar-refractivity contribution < 1.29 is 22.4 Å². The molecule has 166 valence electrons. The zero-order chi connectivity index (χ0) is 23.2. The topological polar surface area (TPSA) is 115 Å². The number of hydrogen-bond donors (Lipinski definition) is 1. The average Bonchev–Trinajstić information content (AvgIpc) is 3.06. The molecule has 0 radical (unpaired) electrons. The minimum Gasteiger partial charge on any atom is -0.459 e. The standard InChI is InChI=1S/C24H18N2O6S/c1-14(25-23-18-8-4-5-9-20(18)33(29,30)26-23)24(28)31-13-16-12-21(27)32-19-11-10-15-6-2-3-7-17(15)22(16)19/h2-12,14H,13H2,1H3,(H,25,26)/t14-/m0/s1. The summed E-state index contributed by atoms with van der Waals surface area (Å²) in [6.45, 7) is 1.35. The van der Waals surface area contributed by atoms with Crippen molar-refractivity contribution in [3.63, 3.8) is 0 Å². The number of carbonyl (C=O) groups is 1. The van der Waals surface area contributed by atoms with Crippen molar-refractivity contribution in [1.82, 2.24) is 4.72 Å². The summed E-state index contributed by atoms with van der Waals surface area (Å²) in [7, 11) is -3.71. The number of nitrogens with zero attached hydrogens (tertiary/aromatic N) is 1. The Morgan fingerprint density at radius 2 is 1.85 bits per heavy atom. The van der Waals surface area contributed by atoms with Crippen LogP contribution in [0.1, 0.15) is 18.1 Å². The Morgan fingerprint density at radius 3 is 2.70 bits per heavy atom. The zero-order valence-electron chi connectivity index (χ0n) is 17.4. The molecule has 1 N–H and O–H groups in total. The van der Waals surface area contributed by atoms with E-state index in [0.717, 1.165) is 10.8 Å². The lowest BCUT2D eigenvalue weighted by molar-refractivity contribution is -0.145. The number of hydrogen-bond acceptors (Lipinski definition) is 7. The number of esters is 1. The van der Waals surface area contributed by atoms with E-state index >= 15 is 0 Å². The first kappa shape index (κ1) is 20.9. The molecular weight excluding hydrogens is 444 g/mol. The Morgan fingerprint density at radius 1 is 1.09 bits per heavy atom. The molecule has 9 heteroatoms. The van der Waals surface area contributed by atoms with Crippen LogP contribution in [0.4, 0.5) is 0 Å². The van der Waals surface area contributed by atoms with Gasteiger partial charge >= 0.3 is 11.6 Å². The van der Waals surface area contributed by atoms with E-state index < -0.39 is 27.7 Å². The van der Waals surface area contributed by atoms with Gasteiger partial charge in [-0.3, -0.25) is 9.71 Å². The lowest BCUT2D eigenvalue weighted by Crippen LogP contribution is -2.26. The van der Waals surface area contributed by atoms with Crippen molar-refractivity contribution in [2.24, 2.45) is 4.99 Å². The lowest BCUT2D eigenvalue weighted by atomic mass is 10.0. The Kier molecular flexibility index (Phi) is 4.98. The van der Waals surface area contributed by atoms with Crippen molar-refractivity contribution in [3.05, 3.63) is 88.3 Å². The first-order valence-corrected chi connectivity index (χ1v) is 11.6. The van der Waals surface area contributed by atoms with Crippen LogP contribution in [0.15, 0.2) is 85.8 Å². The molecule has 3 aromatic carbocycles. The van der Waals surface area contributed by atoms with Gasteiger partial charge in [-0.1, -0.05) is 42.5 Å². The number of aliphatic imine (C=N–C) groups is 1. The number of benzene rings is 3. The van der Waals surface area contributed by atoms with Gasteiger partial charge in [-0.05, 0) is 35.9 Å². The summed E-state index contributed by atoms with van der Waals surface area (Å²) in [4.78, 5) is 29.0. The largest absolute Gasteiger partial charge is 0.459 e. The normalized spacial score (nSPS) is 16.5. The molecule has 2 heterocycles. The molecule has 1 aliphatic heterocycles. The summed E-state index contributed by atoms with van der Waals surface area (Å²) in [5.41, 5.74) is 0.764. The van der Waals surface area contributed by atoms with Gasteiger partial charge in [-0.15, -0.1) is 0 Å².